The Morgan fingerprint density at radius 3 is 2.15 bits per heavy atom. The fourth-order valence-corrected chi connectivity index (χ4v) is 2.20. The van der Waals surface area contributed by atoms with Crippen LogP contribution in [-0.4, -0.2) is 39.8 Å². The third kappa shape index (κ3) is 5.14. The Labute approximate surface area is 151 Å². The zero-order valence-corrected chi connectivity index (χ0v) is 14.9. The fraction of sp³-hybridized carbons (Fsp3) is 0.263. The van der Waals surface area contributed by atoms with Crippen LogP contribution in [0.1, 0.15) is 15.9 Å². The van der Waals surface area contributed by atoms with Gasteiger partial charge < -0.3 is 24.3 Å². The van der Waals surface area contributed by atoms with E-state index in [0.29, 0.717) is 28.4 Å². The summed E-state index contributed by atoms with van der Waals surface area (Å²) in [6.07, 6.45) is 0. The predicted molar refractivity (Wildman–Crippen MR) is 94.7 cm³/mol. The van der Waals surface area contributed by atoms with Gasteiger partial charge in [0.1, 0.15) is 30.4 Å². The smallest absolute Gasteiger partial charge is 0.325 e. The molecule has 0 spiro atoms. The zero-order chi connectivity index (χ0) is 18.9. The van der Waals surface area contributed by atoms with Crippen molar-refractivity contribution in [2.75, 3.05) is 27.9 Å². The molecule has 2 aromatic rings. The van der Waals surface area contributed by atoms with E-state index in [2.05, 4.69) is 5.32 Å². The Bertz CT molecular complexity index is 757. The number of amides is 1. The van der Waals surface area contributed by atoms with E-state index in [-0.39, 0.29) is 19.1 Å². The van der Waals surface area contributed by atoms with Crippen molar-refractivity contribution < 1.29 is 28.5 Å². The van der Waals surface area contributed by atoms with Gasteiger partial charge >= 0.3 is 5.97 Å². The zero-order valence-electron chi connectivity index (χ0n) is 14.9. The number of nitrogens with one attached hydrogen (secondary N) is 1. The maximum absolute atomic E-state index is 12.0. The summed E-state index contributed by atoms with van der Waals surface area (Å²) in [6, 6.07) is 11.8. The summed E-state index contributed by atoms with van der Waals surface area (Å²) in [5.41, 5.74) is 1.09. The van der Waals surface area contributed by atoms with Gasteiger partial charge in [-0.1, -0.05) is 0 Å². The molecule has 2 rings (SSSR count). The van der Waals surface area contributed by atoms with E-state index in [1.54, 1.807) is 56.7 Å². The molecule has 0 aliphatic carbocycles. The topological polar surface area (TPSA) is 83.1 Å². The lowest BCUT2D eigenvalue weighted by Crippen LogP contribution is -2.30. The van der Waals surface area contributed by atoms with Crippen molar-refractivity contribution in [2.45, 2.75) is 6.61 Å². The predicted octanol–water partition coefficient (Wildman–Crippen LogP) is 2.19. The molecule has 2 aromatic carbocycles. The Balaban J connectivity index is 1.86. The number of carbonyl (C=O) groups is 2. The molecule has 0 bridgehead atoms. The molecule has 138 valence electrons. The summed E-state index contributed by atoms with van der Waals surface area (Å²) < 4.78 is 20.6. The Morgan fingerprint density at radius 1 is 0.885 bits per heavy atom. The maximum Gasteiger partial charge on any atom is 0.325 e. The molecule has 0 aliphatic heterocycles. The first kappa shape index (κ1) is 19.1. The molecule has 0 fully saturated rings. The molecule has 1 amide bonds. The van der Waals surface area contributed by atoms with E-state index in [4.69, 9.17) is 18.9 Å². The Morgan fingerprint density at radius 2 is 1.54 bits per heavy atom. The molecule has 0 saturated carbocycles. The number of benzene rings is 2. The van der Waals surface area contributed by atoms with Crippen LogP contribution >= 0.6 is 0 Å². The standard InChI is InChI=1S/C19H21NO6/c1-23-15-6-4-13(5-7-15)19(22)20-11-18(21)26-12-14-10-16(24-2)8-9-17(14)25-3/h4-10H,11-12H2,1-3H3,(H,20,22). The van der Waals surface area contributed by atoms with Gasteiger partial charge in [0.05, 0.1) is 21.3 Å². The van der Waals surface area contributed by atoms with Gasteiger partial charge in [-0.15, -0.1) is 0 Å². The molecule has 26 heavy (non-hydrogen) atoms. The van der Waals surface area contributed by atoms with Crippen molar-refractivity contribution in [1.29, 1.82) is 0 Å². The molecule has 0 atom stereocenters. The van der Waals surface area contributed by atoms with E-state index >= 15 is 0 Å². The van der Waals surface area contributed by atoms with Crippen LogP contribution in [0, 0.1) is 0 Å². The van der Waals surface area contributed by atoms with Crippen LogP contribution < -0.4 is 19.5 Å². The Hall–Kier alpha value is -3.22. The summed E-state index contributed by atoms with van der Waals surface area (Å²) in [5.74, 6) is 0.930. The molecule has 7 heteroatoms. The third-order valence-electron chi connectivity index (χ3n) is 3.62. The molecule has 0 radical (unpaired) electrons. The van der Waals surface area contributed by atoms with Crippen molar-refractivity contribution in [2.24, 2.45) is 0 Å². The van der Waals surface area contributed by atoms with Crippen LogP contribution in [0.2, 0.25) is 0 Å². The second kappa shape index (κ2) is 9.31. The minimum absolute atomic E-state index is 0.0115. The molecule has 0 aromatic heterocycles. The van der Waals surface area contributed by atoms with Gasteiger partial charge in [-0.3, -0.25) is 9.59 Å². The molecular weight excluding hydrogens is 338 g/mol. The second-order valence-corrected chi connectivity index (χ2v) is 5.25. The van der Waals surface area contributed by atoms with E-state index in [0.717, 1.165) is 0 Å². The number of rotatable bonds is 8. The number of hydrogen-bond donors (Lipinski definition) is 1. The SMILES string of the molecule is COc1ccc(C(=O)NCC(=O)OCc2cc(OC)ccc2OC)cc1. The molecule has 1 N–H and O–H groups in total. The average Bonchev–Trinajstić information content (AvgIpc) is 2.70. The summed E-state index contributed by atoms with van der Waals surface area (Å²) in [5, 5.41) is 2.51. The Kier molecular flexibility index (Phi) is 6.84. The third-order valence-corrected chi connectivity index (χ3v) is 3.62. The molecule has 0 unspecified atom stereocenters. The van der Waals surface area contributed by atoms with Crippen LogP contribution in [0.25, 0.3) is 0 Å². The number of esters is 1. The largest absolute Gasteiger partial charge is 0.497 e. The number of carbonyl (C=O) groups excluding carboxylic acids is 2. The van der Waals surface area contributed by atoms with Crippen LogP contribution in [0.5, 0.6) is 17.2 Å². The van der Waals surface area contributed by atoms with Crippen LogP contribution in [0.4, 0.5) is 0 Å². The number of hydrogen-bond acceptors (Lipinski definition) is 6. The van der Waals surface area contributed by atoms with E-state index in [9.17, 15) is 9.59 Å². The van der Waals surface area contributed by atoms with Gasteiger partial charge in [0.2, 0.25) is 0 Å². The van der Waals surface area contributed by atoms with Crippen molar-refractivity contribution in [1.82, 2.24) is 5.32 Å². The first-order valence-electron chi connectivity index (χ1n) is 7.86. The van der Waals surface area contributed by atoms with E-state index in [1.807, 2.05) is 0 Å². The van der Waals surface area contributed by atoms with Crippen LogP contribution in [-0.2, 0) is 16.1 Å². The highest BCUT2D eigenvalue weighted by molar-refractivity contribution is 5.96. The number of methoxy groups -OCH3 is 3. The normalized spacial score (nSPS) is 9.96. The molecule has 0 saturated heterocycles. The lowest BCUT2D eigenvalue weighted by Gasteiger charge is -2.11. The van der Waals surface area contributed by atoms with Crippen LogP contribution in [0.3, 0.4) is 0 Å². The van der Waals surface area contributed by atoms with Gasteiger partial charge in [-0.2, -0.15) is 0 Å². The number of ether oxygens (including phenoxy) is 4. The van der Waals surface area contributed by atoms with Crippen molar-refractivity contribution in [3.8, 4) is 17.2 Å². The maximum atomic E-state index is 12.0. The quantitative estimate of drug-likeness (QED) is 0.728. The lowest BCUT2D eigenvalue weighted by atomic mass is 10.2. The second-order valence-electron chi connectivity index (χ2n) is 5.25. The molecule has 0 heterocycles. The monoisotopic (exact) mass is 359 g/mol. The highest BCUT2D eigenvalue weighted by Gasteiger charge is 2.11. The minimum atomic E-state index is -0.559. The van der Waals surface area contributed by atoms with Crippen LogP contribution in [0.15, 0.2) is 42.5 Å². The highest BCUT2D eigenvalue weighted by atomic mass is 16.5. The van der Waals surface area contributed by atoms with Crippen molar-refractivity contribution in [3.63, 3.8) is 0 Å². The van der Waals surface area contributed by atoms with Gasteiger partial charge in [-0.25, -0.2) is 0 Å². The summed E-state index contributed by atoms with van der Waals surface area (Å²) >= 11 is 0. The van der Waals surface area contributed by atoms with E-state index in [1.165, 1.54) is 7.11 Å². The minimum Gasteiger partial charge on any atom is -0.497 e. The van der Waals surface area contributed by atoms with Gasteiger partial charge in [0.15, 0.2) is 0 Å². The van der Waals surface area contributed by atoms with E-state index < -0.39 is 5.97 Å². The molecule has 0 aliphatic rings. The summed E-state index contributed by atoms with van der Waals surface area (Å²) in [6.45, 7) is -0.227. The average molecular weight is 359 g/mol. The lowest BCUT2D eigenvalue weighted by molar-refractivity contribution is -0.143. The van der Waals surface area contributed by atoms with Gasteiger partial charge in [0.25, 0.3) is 5.91 Å². The molecular formula is C19H21NO6. The summed E-state index contributed by atoms with van der Waals surface area (Å²) in [7, 11) is 4.62. The fourth-order valence-electron chi connectivity index (χ4n) is 2.20. The van der Waals surface area contributed by atoms with Crippen molar-refractivity contribution >= 4 is 11.9 Å². The van der Waals surface area contributed by atoms with Gasteiger partial charge in [-0.05, 0) is 42.5 Å². The first-order chi connectivity index (χ1) is 12.6. The highest BCUT2D eigenvalue weighted by Crippen LogP contribution is 2.24. The van der Waals surface area contributed by atoms with Gasteiger partial charge in [0, 0.05) is 11.1 Å². The first-order valence-corrected chi connectivity index (χ1v) is 7.86. The molecule has 7 nitrogen and oxygen atoms in total. The summed E-state index contributed by atoms with van der Waals surface area (Å²) in [4.78, 5) is 23.9. The van der Waals surface area contributed by atoms with Crippen molar-refractivity contribution in [3.05, 3.63) is 53.6 Å².